The van der Waals surface area contributed by atoms with Crippen molar-refractivity contribution in [3.63, 3.8) is 0 Å². The van der Waals surface area contributed by atoms with Gasteiger partial charge >= 0.3 is 5.97 Å². The molecule has 1 unspecified atom stereocenters. The average molecular weight is 252 g/mol. The first-order valence-electron chi connectivity index (χ1n) is 5.81. The van der Waals surface area contributed by atoms with Gasteiger partial charge in [0.15, 0.2) is 0 Å². The van der Waals surface area contributed by atoms with Crippen LogP contribution in [0.5, 0.6) is 0 Å². The summed E-state index contributed by atoms with van der Waals surface area (Å²) in [6, 6.07) is -0.852. The normalized spacial score (nSPS) is 21.3. The zero-order valence-corrected chi connectivity index (χ0v) is 9.87. The fraction of sp³-hybridized carbons (Fsp3) is 0.545. The van der Waals surface area contributed by atoms with Crippen molar-refractivity contribution >= 4 is 11.9 Å². The SMILES string of the molecule is NCC1CC(=O)N([C@H](Cc2cnc[nH]2)C(=O)O)C1. The van der Waals surface area contributed by atoms with E-state index < -0.39 is 12.0 Å². The van der Waals surface area contributed by atoms with Crippen LogP contribution in [-0.4, -0.2) is 51.0 Å². The van der Waals surface area contributed by atoms with Crippen LogP contribution in [0, 0.1) is 5.92 Å². The van der Waals surface area contributed by atoms with E-state index in [1.54, 1.807) is 6.20 Å². The van der Waals surface area contributed by atoms with Crippen molar-refractivity contribution in [1.82, 2.24) is 14.9 Å². The van der Waals surface area contributed by atoms with Crippen molar-refractivity contribution in [3.05, 3.63) is 18.2 Å². The summed E-state index contributed by atoms with van der Waals surface area (Å²) < 4.78 is 0. The van der Waals surface area contributed by atoms with Gasteiger partial charge in [0.05, 0.1) is 6.33 Å². The van der Waals surface area contributed by atoms with Crippen molar-refractivity contribution in [2.75, 3.05) is 13.1 Å². The first-order valence-corrected chi connectivity index (χ1v) is 5.81. The highest BCUT2D eigenvalue weighted by molar-refractivity contribution is 5.85. The molecule has 1 aliphatic rings. The number of nitrogens with two attached hydrogens (primary N) is 1. The zero-order valence-electron chi connectivity index (χ0n) is 9.87. The number of carboxylic acids is 1. The molecule has 0 radical (unpaired) electrons. The van der Waals surface area contributed by atoms with Crippen molar-refractivity contribution in [2.45, 2.75) is 18.9 Å². The summed E-state index contributed by atoms with van der Waals surface area (Å²) in [7, 11) is 0. The number of rotatable bonds is 5. The lowest BCUT2D eigenvalue weighted by Crippen LogP contribution is -2.44. The summed E-state index contributed by atoms with van der Waals surface area (Å²) in [4.78, 5) is 31.2. The molecule has 0 spiro atoms. The minimum Gasteiger partial charge on any atom is -0.480 e. The number of H-pyrrole nitrogens is 1. The molecule has 2 rings (SSSR count). The first-order chi connectivity index (χ1) is 8.61. The number of nitrogens with one attached hydrogen (secondary N) is 1. The van der Waals surface area contributed by atoms with Gasteiger partial charge in [0, 0.05) is 31.3 Å². The molecule has 1 aromatic rings. The third kappa shape index (κ3) is 2.51. The number of nitrogens with zero attached hydrogens (tertiary/aromatic N) is 2. The van der Waals surface area contributed by atoms with E-state index in [-0.39, 0.29) is 18.2 Å². The number of imidazole rings is 1. The number of aliphatic carboxylic acids is 1. The maximum absolute atomic E-state index is 11.8. The number of likely N-dealkylation sites (tertiary alicyclic amines) is 1. The first kappa shape index (κ1) is 12.6. The van der Waals surface area contributed by atoms with Crippen LogP contribution >= 0.6 is 0 Å². The fourth-order valence-electron chi connectivity index (χ4n) is 2.20. The van der Waals surface area contributed by atoms with Crippen LogP contribution in [0.25, 0.3) is 0 Å². The summed E-state index contributed by atoms with van der Waals surface area (Å²) in [5.41, 5.74) is 6.23. The number of hydrogen-bond donors (Lipinski definition) is 3. The van der Waals surface area contributed by atoms with E-state index in [1.165, 1.54) is 11.2 Å². The van der Waals surface area contributed by atoms with E-state index in [9.17, 15) is 14.7 Å². The van der Waals surface area contributed by atoms with Gasteiger partial charge in [-0.1, -0.05) is 0 Å². The Hall–Kier alpha value is -1.89. The Kier molecular flexibility index (Phi) is 3.61. The van der Waals surface area contributed by atoms with Crippen molar-refractivity contribution < 1.29 is 14.7 Å². The van der Waals surface area contributed by atoms with E-state index in [4.69, 9.17) is 5.73 Å². The molecule has 98 valence electrons. The van der Waals surface area contributed by atoms with E-state index in [2.05, 4.69) is 9.97 Å². The predicted molar refractivity (Wildman–Crippen MR) is 62.6 cm³/mol. The molecule has 1 fully saturated rings. The molecule has 1 saturated heterocycles. The topological polar surface area (TPSA) is 112 Å². The van der Waals surface area contributed by atoms with Gasteiger partial charge < -0.3 is 20.7 Å². The molecule has 7 heteroatoms. The smallest absolute Gasteiger partial charge is 0.326 e. The van der Waals surface area contributed by atoms with E-state index in [0.717, 1.165) is 0 Å². The van der Waals surface area contributed by atoms with Gasteiger partial charge in [0.2, 0.25) is 5.91 Å². The number of hydrogen-bond acceptors (Lipinski definition) is 4. The molecule has 4 N–H and O–H groups in total. The Morgan fingerprint density at radius 2 is 2.50 bits per heavy atom. The largest absolute Gasteiger partial charge is 0.480 e. The number of amides is 1. The minimum absolute atomic E-state index is 0.0566. The Morgan fingerprint density at radius 3 is 3.00 bits per heavy atom. The fourth-order valence-corrected chi connectivity index (χ4v) is 2.20. The molecule has 2 heterocycles. The van der Waals surface area contributed by atoms with Crippen molar-refractivity contribution in [3.8, 4) is 0 Å². The van der Waals surface area contributed by atoms with Crippen LogP contribution in [-0.2, 0) is 16.0 Å². The molecule has 7 nitrogen and oxygen atoms in total. The van der Waals surface area contributed by atoms with Gasteiger partial charge in [-0.25, -0.2) is 9.78 Å². The standard InChI is InChI=1S/C11H16N4O3/c12-3-7-1-10(16)15(5-7)9(11(17)18)2-8-4-13-6-14-8/h4,6-7,9H,1-3,5,12H2,(H,13,14)(H,17,18)/t7?,9-/m1/s1. The highest BCUT2D eigenvalue weighted by Crippen LogP contribution is 2.21. The third-order valence-electron chi connectivity index (χ3n) is 3.20. The summed E-state index contributed by atoms with van der Waals surface area (Å²) >= 11 is 0. The summed E-state index contributed by atoms with van der Waals surface area (Å²) in [6.07, 6.45) is 3.63. The lowest BCUT2D eigenvalue weighted by Gasteiger charge is -2.24. The molecule has 2 atom stereocenters. The average Bonchev–Trinajstić information content (AvgIpc) is 2.95. The van der Waals surface area contributed by atoms with Gasteiger partial charge in [-0.05, 0) is 12.5 Å². The van der Waals surface area contributed by atoms with Crippen LogP contribution < -0.4 is 5.73 Å². The van der Waals surface area contributed by atoms with Gasteiger partial charge in [-0.15, -0.1) is 0 Å². The second-order valence-electron chi connectivity index (χ2n) is 4.49. The molecule has 18 heavy (non-hydrogen) atoms. The Morgan fingerprint density at radius 1 is 1.72 bits per heavy atom. The summed E-state index contributed by atoms with van der Waals surface area (Å²) in [5.74, 6) is -1.09. The number of aromatic nitrogens is 2. The van der Waals surface area contributed by atoms with E-state index >= 15 is 0 Å². The second-order valence-corrected chi connectivity index (χ2v) is 4.49. The quantitative estimate of drug-likeness (QED) is 0.636. The minimum atomic E-state index is -1.00. The van der Waals surface area contributed by atoms with Gasteiger partial charge in [-0.3, -0.25) is 4.79 Å². The molecule has 1 aromatic heterocycles. The van der Waals surface area contributed by atoms with E-state index in [1.807, 2.05) is 0 Å². The maximum Gasteiger partial charge on any atom is 0.326 e. The van der Waals surface area contributed by atoms with Crippen LogP contribution in [0.3, 0.4) is 0 Å². The van der Waals surface area contributed by atoms with Crippen LogP contribution in [0.4, 0.5) is 0 Å². The summed E-state index contributed by atoms with van der Waals surface area (Å²) in [5, 5.41) is 9.25. The zero-order chi connectivity index (χ0) is 13.1. The molecule has 0 saturated carbocycles. The van der Waals surface area contributed by atoms with Crippen molar-refractivity contribution in [2.24, 2.45) is 11.7 Å². The lowest BCUT2D eigenvalue weighted by molar-refractivity contribution is -0.148. The van der Waals surface area contributed by atoms with Crippen molar-refractivity contribution in [1.29, 1.82) is 0 Å². The third-order valence-corrected chi connectivity index (χ3v) is 3.20. The molecule has 1 aliphatic heterocycles. The molecular weight excluding hydrogens is 236 g/mol. The lowest BCUT2D eigenvalue weighted by atomic mass is 10.1. The van der Waals surface area contributed by atoms with Gasteiger partial charge in [0.1, 0.15) is 6.04 Å². The second kappa shape index (κ2) is 5.18. The van der Waals surface area contributed by atoms with Gasteiger partial charge in [0.25, 0.3) is 0 Å². The Labute approximate surface area is 104 Å². The highest BCUT2D eigenvalue weighted by Gasteiger charge is 2.37. The van der Waals surface area contributed by atoms with Crippen LogP contribution in [0.2, 0.25) is 0 Å². The van der Waals surface area contributed by atoms with Crippen LogP contribution in [0.15, 0.2) is 12.5 Å². The molecule has 0 aromatic carbocycles. The number of carbonyl (C=O) groups is 2. The predicted octanol–water partition coefficient (Wildman–Crippen LogP) is -0.787. The number of carbonyl (C=O) groups excluding carboxylic acids is 1. The maximum atomic E-state index is 11.8. The monoisotopic (exact) mass is 252 g/mol. The Balaban J connectivity index is 2.11. The number of aromatic amines is 1. The molecular formula is C11H16N4O3. The molecule has 0 bridgehead atoms. The van der Waals surface area contributed by atoms with Gasteiger partial charge in [-0.2, -0.15) is 0 Å². The summed E-state index contributed by atoms with van der Waals surface area (Å²) in [6.45, 7) is 0.819. The van der Waals surface area contributed by atoms with Crippen LogP contribution in [0.1, 0.15) is 12.1 Å². The van der Waals surface area contributed by atoms with E-state index in [0.29, 0.717) is 25.2 Å². The molecule has 0 aliphatic carbocycles. The Bertz CT molecular complexity index is 432. The number of carboxylic acid groups (broad SMARTS) is 1. The molecule has 1 amide bonds. The highest BCUT2D eigenvalue weighted by atomic mass is 16.4.